The second-order valence-electron chi connectivity index (χ2n) is 8.48. The number of piperidine rings is 1. The number of rotatable bonds is 6. The molecule has 36 heavy (non-hydrogen) atoms. The van der Waals surface area contributed by atoms with Gasteiger partial charge in [-0.05, 0) is 79.5 Å². The van der Waals surface area contributed by atoms with Crippen molar-refractivity contribution >= 4 is 34.6 Å². The van der Waals surface area contributed by atoms with Crippen molar-refractivity contribution in [1.82, 2.24) is 5.32 Å². The van der Waals surface area contributed by atoms with Crippen molar-refractivity contribution < 1.29 is 22.7 Å². The molecule has 3 aromatic rings. The standard InChI is InChI=1S/C27H26F3N3O2S/c28-27(29,30)21-11-14-24(33-15-5-2-6-16-33)23(17-21)31-26(36)32-25(34)20-9-12-22(13-10-20)35-18-19-7-3-1-4-8-19/h1,3-4,7-14,17H,2,5-6,15-16,18H2,(H2,31,32,34,36). The number of carbonyl (C=O) groups is 1. The van der Waals surface area contributed by atoms with Gasteiger partial charge >= 0.3 is 6.18 Å². The van der Waals surface area contributed by atoms with E-state index in [-0.39, 0.29) is 10.8 Å². The molecule has 5 nitrogen and oxygen atoms in total. The smallest absolute Gasteiger partial charge is 0.416 e. The second-order valence-corrected chi connectivity index (χ2v) is 8.89. The number of nitrogens with one attached hydrogen (secondary N) is 2. The molecule has 9 heteroatoms. The van der Waals surface area contributed by atoms with Crippen molar-refractivity contribution in [2.75, 3.05) is 23.3 Å². The summed E-state index contributed by atoms with van der Waals surface area (Å²) in [6, 6.07) is 19.8. The minimum absolute atomic E-state index is 0.0815. The molecule has 0 saturated carbocycles. The predicted molar refractivity (Wildman–Crippen MR) is 138 cm³/mol. The Balaban J connectivity index is 1.41. The Bertz CT molecular complexity index is 1200. The number of anilines is 2. The van der Waals surface area contributed by atoms with E-state index in [0.717, 1.165) is 50.0 Å². The zero-order valence-corrected chi connectivity index (χ0v) is 20.3. The molecule has 2 N–H and O–H groups in total. The van der Waals surface area contributed by atoms with Gasteiger partial charge < -0.3 is 15.0 Å². The third-order valence-electron chi connectivity index (χ3n) is 5.86. The maximum Gasteiger partial charge on any atom is 0.416 e. The number of hydrogen-bond acceptors (Lipinski definition) is 4. The zero-order valence-electron chi connectivity index (χ0n) is 19.5. The highest BCUT2D eigenvalue weighted by atomic mass is 32.1. The van der Waals surface area contributed by atoms with Gasteiger partial charge in [0.05, 0.1) is 16.9 Å². The first kappa shape index (κ1) is 25.5. The van der Waals surface area contributed by atoms with Gasteiger partial charge in [-0.2, -0.15) is 13.2 Å². The summed E-state index contributed by atoms with van der Waals surface area (Å²) < 4.78 is 45.8. The minimum atomic E-state index is -4.49. The molecular weight excluding hydrogens is 487 g/mol. The number of amides is 1. The Labute approximate surface area is 213 Å². The predicted octanol–water partition coefficient (Wildman–Crippen LogP) is 6.40. The second kappa shape index (κ2) is 11.4. The highest BCUT2D eigenvalue weighted by Gasteiger charge is 2.31. The van der Waals surface area contributed by atoms with Crippen LogP contribution in [0, 0.1) is 0 Å². The van der Waals surface area contributed by atoms with E-state index >= 15 is 0 Å². The summed E-state index contributed by atoms with van der Waals surface area (Å²) in [7, 11) is 0. The normalized spacial score (nSPS) is 13.7. The van der Waals surface area contributed by atoms with Crippen molar-refractivity contribution in [2.45, 2.75) is 32.0 Å². The molecule has 0 radical (unpaired) electrons. The summed E-state index contributed by atoms with van der Waals surface area (Å²) in [6.45, 7) is 1.90. The van der Waals surface area contributed by atoms with Gasteiger partial charge in [0.2, 0.25) is 0 Å². The van der Waals surface area contributed by atoms with E-state index in [1.165, 1.54) is 6.07 Å². The van der Waals surface area contributed by atoms with Crippen LogP contribution in [0.2, 0.25) is 0 Å². The zero-order chi connectivity index (χ0) is 25.5. The SMILES string of the molecule is O=C(NC(=S)Nc1cc(C(F)(F)F)ccc1N1CCCCC1)c1ccc(OCc2ccccc2)cc1. The lowest BCUT2D eigenvalue weighted by Gasteiger charge is -2.31. The summed E-state index contributed by atoms with van der Waals surface area (Å²) in [5.41, 5.74) is 1.41. The molecule has 1 heterocycles. The molecule has 0 spiro atoms. The van der Waals surface area contributed by atoms with Crippen molar-refractivity contribution in [2.24, 2.45) is 0 Å². The van der Waals surface area contributed by atoms with E-state index in [1.54, 1.807) is 24.3 Å². The number of ether oxygens (including phenoxy) is 1. The lowest BCUT2D eigenvalue weighted by molar-refractivity contribution is -0.137. The number of hydrogen-bond donors (Lipinski definition) is 2. The van der Waals surface area contributed by atoms with E-state index in [9.17, 15) is 18.0 Å². The highest BCUT2D eigenvalue weighted by Crippen LogP contribution is 2.36. The number of nitrogens with zero attached hydrogens (tertiary/aromatic N) is 1. The van der Waals surface area contributed by atoms with E-state index < -0.39 is 17.6 Å². The van der Waals surface area contributed by atoms with E-state index in [0.29, 0.717) is 23.6 Å². The van der Waals surface area contributed by atoms with Crippen molar-refractivity contribution in [3.8, 4) is 5.75 Å². The van der Waals surface area contributed by atoms with Crippen LogP contribution in [0.4, 0.5) is 24.5 Å². The third-order valence-corrected chi connectivity index (χ3v) is 6.06. The molecule has 1 saturated heterocycles. The van der Waals surface area contributed by atoms with E-state index in [4.69, 9.17) is 17.0 Å². The summed E-state index contributed by atoms with van der Waals surface area (Å²) >= 11 is 5.26. The first-order chi connectivity index (χ1) is 17.3. The molecule has 1 amide bonds. The topological polar surface area (TPSA) is 53.6 Å². The van der Waals surface area contributed by atoms with Gasteiger partial charge in [-0.3, -0.25) is 10.1 Å². The lowest BCUT2D eigenvalue weighted by atomic mass is 10.1. The van der Waals surface area contributed by atoms with Crippen LogP contribution in [0.25, 0.3) is 0 Å². The van der Waals surface area contributed by atoms with Crippen LogP contribution < -0.4 is 20.3 Å². The maximum atomic E-state index is 13.3. The van der Waals surface area contributed by atoms with Gasteiger partial charge in [-0.1, -0.05) is 30.3 Å². The molecule has 0 aromatic heterocycles. The monoisotopic (exact) mass is 513 g/mol. The Morgan fingerprint density at radius 1 is 0.944 bits per heavy atom. The molecule has 0 atom stereocenters. The van der Waals surface area contributed by atoms with E-state index in [2.05, 4.69) is 10.6 Å². The summed E-state index contributed by atoms with van der Waals surface area (Å²) in [5.74, 6) is 0.125. The van der Waals surface area contributed by atoms with Crippen LogP contribution in [-0.2, 0) is 12.8 Å². The number of thiocarbonyl (C=S) groups is 1. The van der Waals surface area contributed by atoms with Crippen LogP contribution in [0.5, 0.6) is 5.75 Å². The third kappa shape index (κ3) is 6.75. The largest absolute Gasteiger partial charge is 0.489 e. The summed E-state index contributed by atoms with van der Waals surface area (Å²) in [4.78, 5) is 14.7. The fourth-order valence-corrected chi connectivity index (χ4v) is 4.20. The Morgan fingerprint density at radius 2 is 1.64 bits per heavy atom. The average molecular weight is 514 g/mol. The Hall–Kier alpha value is -3.59. The quantitative estimate of drug-likeness (QED) is 0.374. The van der Waals surface area contributed by atoms with Crippen LogP contribution in [0.1, 0.15) is 40.7 Å². The average Bonchev–Trinajstić information content (AvgIpc) is 2.88. The molecule has 188 valence electrons. The number of carbonyl (C=O) groups excluding carboxylic acids is 1. The van der Waals surface area contributed by atoms with Crippen molar-refractivity contribution in [1.29, 1.82) is 0 Å². The number of halogens is 3. The van der Waals surface area contributed by atoms with Crippen LogP contribution in [0.3, 0.4) is 0 Å². The molecule has 0 bridgehead atoms. The van der Waals surface area contributed by atoms with Gasteiger partial charge in [-0.15, -0.1) is 0 Å². The molecule has 1 fully saturated rings. The van der Waals surface area contributed by atoms with Crippen molar-refractivity contribution in [3.63, 3.8) is 0 Å². The first-order valence-corrected chi connectivity index (χ1v) is 12.1. The number of alkyl halides is 3. The number of benzene rings is 3. The molecule has 0 aliphatic carbocycles. The van der Waals surface area contributed by atoms with Gasteiger partial charge in [-0.25, -0.2) is 0 Å². The van der Waals surface area contributed by atoms with Crippen LogP contribution in [-0.4, -0.2) is 24.1 Å². The molecule has 1 aliphatic rings. The first-order valence-electron chi connectivity index (χ1n) is 11.6. The lowest BCUT2D eigenvalue weighted by Crippen LogP contribution is -2.35. The molecular formula is C27H26F3N3O2S. The van der Waals surface area contributed by atoms with Crippen LogP contribution >= 0.6 is 12.2 Å². The fraction of sp³-hybridized carbons (Fsp3) is 0.259. The molecule has 3 aromatic carbocycles. The summed E-state index contributed by atoms with van der Waals surface area (Å²) in [5, 5.41) is 5.27. The van der Waals surface area contributed by atoms with Gasteiger partial charge in [0.15, 0.2) is 5.11 Å². The summed E-state index contributed by atoms with van der Waals surface area (Å²) in [6.07, 6.45) is -1.48. The fourth-order valence-electron chi connectivity index (χ4n) is 4.00. The van der Waals surface area contributed by atoms with Gasteiger partial charge in [0.1, 0.15) is 12.4 Å². The van der Waals surface area contributed by atoms with Crippen LogP contribution in [0.15, 0.2) is 72.8 Å². The van der Waals surface area contributed by atoms with Gasteiger partial charge in [0, 0.05) is 18.7 Å². The Kier molecular flexibility index (Phi) is 8.10. The minimum Gasteiger partial charge on any atom is -0.489 e. The molecule has 0 unspecified atom stereocenters. The van der Waals surface area contributed by atoms with E-state index in [1.807, 2.05) is 35.2 Å². The maximum absolute atomic E-state index is 13.3. The molecule has 1 aliphatic heterocycles. The molecule has 4 rings (SSSR count). The highest BCUT2D eigenvalue weighted by molar-refractivity contribution is 7.80. The van der Waals surface area contributed by atoms with Gasteiger partial charge in [0.25, 0.3) is 5.91 Å². The Morgan fingerprint density at radius 3 is 2.31 bits per heavy atom. The van der Waals surface area contributed by atoms with Crippen molar-refractivity contribution in [3.05, 3.63) is 89.5 Å².